The minimum Gasteiger partial charge on any atom is -0.444 e. The molecule has 8 nitrogen and oxygen atoms in total. The van der Waals surface area contributed by atoms with Crippen LogP contribution in [0, 0.1) is 12.8 Å². The SMILES string of the molecule is Cc1cccc(C(=O)Nc2ccc(Cl)cn2)c1NC(=O)C1CCN(C(=O)OC(C)(C)C)CC1. The van der Waals surface area contributed by atoms with E-state index in [1.807, 2.05) is 33.8 Å². The summed E-state index contributed by atoms with van der Waals surface area (Å²) >= 11 is 5.85. The molecule has 9 heteroatoms. The van der Waals surface area contributed by atoms with Crippen LogP contribution in [0.4, 0.5) is 16.3 Å². The number of nitrogens with one attached hydrogen (secondary N) is 2. The number of aryl methyl sites for hydroxylation is 1. The van der Waals surface area contributed by atoms with Crippen LogP contribution in [0.3, 0.4) is 0 Å². The topological polar surface area (TPSA) is 101 Å². The Kier molecular flexibility index (Phi) is 7.58. The lowest BCUT2D eigenvalue weighted by Crippen LogP contribution is -2.43. The Labute approximate surface area is 198 Å². The Morgan fingerprint density at radius 2 is 1.79 bits per heavy atom. The highest BCUT2D eigenvalue weighted by Crippen LogP contribution is 2.26. The molecule has 0 saturated carbocycles. The summed E-state index contributed by atoms with van der Waals surface area (Å²) in [5, 5.41) is 6.12. The maximum absolute atomic E-state index is 13.0. The van der Waals surface area contributed by atoms with E-state index < -0.39 is 5.60 Å². The number of benzene rings is 1. The Morgan fingerprint density at radius 1 is 1.09 bits per heavy atom. The minimum absolute atomic E-state index is 0.174. The van der Waals surface area contributed by atoms with Gasteiger partial charge in [-0.05, 0) is 64.3 Å². The standard InChI is InChI=1S/C24H29ClN4O4/c1-15-6-5-7-18(22(31)27-19-9-8-17(25)14-26-19)20(15)28-21(30)16-10-12-29(13-11-16)23(32)33-24(2,3)4/h5-9,14,16H,10-13H2,1-4H3,(H,28,30)(H,26,27,31). The fraction of sp³-hybridized carbons (Fsp3) is 0.417. The van der Waals surface area contributed by atoms with Crippen molar-refractivity contribution in [1.82, 2.24) is 9.88 Å². The summed E-state index contributed by atoms with van der Waals surface area (Å²) in [5.41, 5.74) is 1.01. The number of hydrogen-bond acceptors (Lipinski definition) is 5. The summed E-state index contributed by atoms with van der Waals surface area (Å²) in [6.07, 6.45) is 2.12. The Balaban J connectivity index is 1.65. The molecule has 1 aromatic heterocycles. The number of ether oxygens (including phenoxy) is 1. The summed E-state index contributed by atoms with van der Waals surface area (Å²) in [6, 6.07) is 8.48. The zero-order chi connectivity index (χ0) is 24.2. The highest BCUT2D eigenvalue weighted by atomic mass is 35.5. The molecular formula is C24H29ClN4O4. The summed E-state index contributed by atoms with van der Waals surface area (Å²) in [7, 11) is 0. The van der Waals surface area contributed by atoms with E-state index in [-0.39, 0.29) is 23.8 Å². The van der Waals surface area contributed by atoms with E-state index in [0.29, 0.717) is 48.0 Å². The zero-order valence-electron chi connectivity index (χ0n) is 19.3. The third kappa shape index (κ3) is 6.68. The van der Waals surface area contributed by atoms with Gasteiger partial charge in [0.15, 0.2) is 0 Å². The van der Waals surface area contributed by atoms with Gasteiger partial charge in [0, 0.05) is 25.2 Å². The summed E-state index contributed by atoms with van der Waals surface area (Å²) in [6.45, 7) is 8.18. The molecule has 0 atom stereocenters. The first-order chi connectivity index (χ1) is 15.5. The third-order valence-electron chi connectivity index (χ3n) is 5.25. The Morgan fingerprint density at radius 3 is 2.39 bits per heavy atom. The number of carbonyl (C=O) groups is 3. The van der Waals surface area contributed by atoms with Crippen molar-refractivity contribution in [2.45, 2.75) is 46.1 Å². The van der Waals surface area contributed by atoms with Gasteiger partial charge in [-0.1, -0.05) is 23.7 Å². The Hall–Kier alpha value is -3.13. The van der Waals surface area contributed by atoms with Crippen LogP contribution in [0.2, 0.25) is 5.02 Å². The van der Waals surface area contributed by atoms with E-state index in [0.717, 1.165) is 5.56 Å². The second-order valence-electron chi connectivity index (χ2n) is 9.04. The molecule has 2 aromatic rings. The molecule has 1 aliphatic rings. The van der Waals surface area contributed by atoms with E-state index in [1.54, 1.807) is 29.2 Å². The quantitative estimate of drug-likeness (QED) is 0.660. The molecule has 1 aromatic carbocycles. The highest BCUT2D eigenvalue weighted by Gasteiger charge is 2.30. The first-order valence-electron chi connectivity index (χ1n) is 10.8. The van der Waals surface area contributed by atoms with Crippen molar-refractivity contribution in [2.24, 2.45) is 5.92 Å². The molecule has 0 radical (unpaired) electrons. The van der Waals surface area contributed by atoms with Crippen molar-refractivity contribution in [3.63, 3.8) is 0 Å². The van der Waals surface area contributed by atoms with Gasteiger partial charge in [-0.2, -0.15) is 0 Å². The molecule has 0 aliphatic carbocycles. The summed E-state index contributed by atoms with van der Waals surface area (Å²) in [4.78, 5) is 43.8. The van der Waals surface area contributed by atoms with Gasteiger partial charge in [0.1, 0.15) is 11.4 Å². The van der Waals surface area contributed by atoms with Gasteiger partial charge in [-0.3, -0.25) is 9.59 Å². The number of halogens is 1. The van der Waals surface area contributed by atoms with Gasteiger partial charge in [-0.15, -0.1) is 0 Å². The second kappa shape index (κ2) is 10.2. The van der Waals surface area contributed by atoms with Crippen molar-refractivity contribution in [1.29, 1.82) is 0 Å². The van der Waals surface area contributed by atoms with Crippen molar-refractivity contribution < 1.29 is 19.1 Å². The number of pyridine rings is 1. The first kappa shape index (κ1) is 24.5. The van der Waals surface area contributed by atoms with E-state index in [2.05, 4.69) is 15.6 Å². The smallest absolute Gasteiger partial charge is 0.410 e. The molecule has 3 amide bonds. The number of anilines is 2. The Bertz CT molecular complexity index is 1030. The molecule has 33 heavy (non-hydrogen) atoms. The van der Waals surface area contributed by atoms with Gasteiger partial charge < -0.3 is 20.3 Å². The van der Waals surface area contributed by atoms with E-state index in [9.17, 15) is 14.4 Å². The van der Waals surface area contributed by atoms with Gasteiger partial charge in [-0.25, -0.2) is 9.78 Å². The second-order valence-corrected chi connectivity index (χ2v) is 9.48. The van der Waals surface area contributed by atoms with Crippen LogP contribution in [0.1, 0.15) is 49.5 Å². The molecule has 3 rings (SSSR count). The maximum atomic E-state index is 13.0. The van der Waals surface area contributed by atoms with Crippen LogP contribution in [0.5, 0.6) is 0 Å². The van der Waals surface area contributed by atoms with Crippen molar-refractivity contribution >= 4 is 41.0 Å². The molecule has 0 bridgehead atoms. The number of rotatable bonds is 4. The number of para-hydroxylation sites is 1. The zero-order valence-corrected chi connectivity index (χ0v) is 20.0. The predicted octanol–water partition coefficient (Wildman–Crippen LogP) is 4.88. The lowest BCUT2D eigenvalue weighted by Gasteiger charge is -2.33. The highest BCUT2D eigenvalue weighted by molar-refractivity contribution is 6.30. The minimum atomic E-state index is -0.561. The number of nitrogens with zero attached hydrogens (tertiary/aromatic N) is 2. The van der Waals surface area contributed by atoms with Crippen molar-refractivity contribution in [3.8, 4) is 0 Å². The normalized spacial score (nSPS) is 14.5. The van der Waals surface area contributed by atoms with E-state index in [1.165, 1.54) is 6.20 Å². The molecule has 2 N–H and O–H groups in total. The molecule has 176 valence electrons. The molecule has 2 heterocycles. The molecule has 1 aliphatic heterocycles. The number of aromatic nitrogens is 1. The van der Waals surface area contributed by atoms with Crippen LogP contribution in [-0.2, 0) is 9.53 Å². The van der Waals surface area contributed by atoms with E-state index >= 15 is 0 Å². The van der Waals surface area contributed by atoms with Gasteiger partial charge in [0.05, 0.1) is 16.3 Å². The summed E-state index contributed by atoms with van der Waals surface area (Å²) in [5.74, 6) is -0.467. The largest absolute Gasteiger partial charge is 0.444 e. The first-order valence-corrected chi connectivity index (χ1v) is 11.2. The molecule has 0 unspecified atom stereocenters. The van der Waals surface area contributed by atoms with Crippen molar-refractivity contribution in [3.05, 3.63) is 52.7 Å². The van der Waals surface area contributed by atoms with Gasteiger partial charge in [0.25, 0.3) is 5.91 Å². The van der Waals surface area contributed by atoms with Crippen LogP contribution in [-0.4, -0.2) is 46.5 Å². The number of likely N-dealkylation sites (tertiary alicyclic amines) is 1. The predicted molar refractivity (Wildman–Crippen MR) is 128 cm³/mol. The fourth-order valence-electron chi connectivity index (χ4n) is 3.53. The number of hydrogen-bond donors (Lipinski definition) is 2. The summed E-state index contributed by atoms with van der Waals surface area (Å²) < 4.78 is 5.41. The average Bonchev–Trinajstić information content (AvgIpc) is 2.75. The lowest BCUT2D eigenvalue weighted by atomic mass is 9.95. The molecule has 0 spiro atoms. The fourth-order valence-corrected chi connectivity index (χ4v) is 3.64. The lowest BCUT2D eigenvalue weighted by molar-refractivity contribution is -0.121. The maximum Gasteiger partial charge on any atom is 0.410 e. The molecule has 1 fully saturated rings. The third-order valence-corrected chi connectivity index (χ3v) is 5.48. The van der Waals surface area contributed by atoms with E-state index in [4.69, 9.17) is 16.3 Å². The van der Waals surface area contributed by atoms with Crippen LogP contribution in [0.15, 0.2) is 36.5 Å². The van der Waals surface area contributed by atoms with Crippen LogP contribution < -0.4 is 10.6 Å². The molecular weight excluding hydrogens is 444 g/mol. The van der Waals surface area contributed by atoms with Crippen LogP contribution in [0.25, 0.3) is 0 Å². The number of carbonyl (C=O) groups excluding carboxylic acids is 3. The van der Waals surface area contributed by atoms with Gasteiger partial charge >= 0.3 is 6.09 Å². The average molecular weight is 473 g/mol. The number of amides is 3. The van der Waals surface area contributed by atoms with Crippen LogP contribution >= 0.6 is 11.6 Å². The van der Waals surface area contributed by atoms with Crippen molar-refractivity contribution in [2.75, 3.05) is 23.7 Å². The number of piperidine rings is 1. The molecule has 1 saturated heterocycles. The monoisotopic (exact) mass is 472 g/mol. The van der Waals surface area contributed by atoms with Gasteiger partial charge in [0.2, 0.25) is 5.91 Å².